The van der Waals surface area contributed by atoms with Gasteiger partial charge in [0.05, 0.1) is 18.1 Å². The molecular weight excluding hydrogens is 342 g/mol. The molecule has 0 aromatic heterocycles. The highest BCUT2D eigenvalue weighted by Gasteiger charge is 2.71. The van der Waals surface area contributed by atoms with Crippen LogP contribution >= 0.6 is 0 Å². The summed E-state index contributed by atoms with van der Waals surface area (Å²) in [5.74, 6) is -0.476. The molecule has 0 aromatic carbocycles. The zero-order valence-corrected chi connectivity index (χ0v) is 17.3. The second-order valence-corrected chi connectivity index (χ2v) is 9.85. The monoisotopic (exact) mass is 375 g/mol. The number of Topliss-reactive ketones (excluding diaryl/α,β-unsaturated/α-hetero) is 1. The Labute approximate surface area is 162 Å². The number of nitrogens with two attached hydrogens (primary N) is 1. The summed E-state index contributed by atoms with van der Waals surface area (Å²) in [5, 5.41) is 12.3. The summed E-state index contributed by atoms with van der Waals surface area (Å²) in [7, 11) is 0. The van der Waals surface area contributed by atoms with Gasteiger partial charge in [0.25, 0.3) is 0 Å². The van der Waals surface area contributed by atoms with Crippen LogP contribution in [0.15, 0.2) is 23.3 Å². The quantitative estimate of drug-likeness (QED) is 0.636. The molecule has 2 fully saturated rings. The molecule has 1 spiro atoms. The third-order valence-electron chi connectivity index (χ3n) is 7.88. The number of hydrogen-bond acceptors (Lipinski definition) is 5. The van der Waals surface area contributed by atoms with Gasteiger partial charge in [-0.05, 0) is 50.5 Å². The molecule has 150 valence electrons. The Morgan fingerprint density at radius 1 is 1.26 bits per heavy atom. The number of fused-ring (bicyclic) bond motifs is 3. The molecule has 1 unspecified atom stereocenters. The van der Waals surface area contributed by atoms with Gasteiger partial charge in [-0.2, -0.15) is 0 Å². The van der Waals surface area contributed by atoms with Gasteiger partial charge in [0.1, 0.15) is 11.7 Å². The fourth-order valence-electron chi connectivity index (χ4n) is 6.12. The zero-order valence-electron chi connectivity index (χ0n) is 17.3. The molecule has 0 amide bonds. The van der Waals surface area contributed by atoms with Gasteiger partial charge in [0.15, 0.2) is 11.6 Å². The molecule has 0 aromatic rings. The molecule has 5 nitrogen and oxygen atoms in total. The van der Waals surface area contributed by atoms with E-state index in [1.54, 1.807) is 0 Å². The first-order chi connectivity index (χ1) is 12.5. The van der Waals surface area contributed by atoms with E-state index in [4.69, 9.17) is 15.2 Å². The van der Waals surface area contributed by atoms with Crippen molar-refractivity contribution in [1.29, 1.82) is 0 Å². The summed E-state index contributed by atoms with van der Waals surface area (Å²) in [6, 6.07) is -0.645. The summed E-state index contributed by atoms with van der Waals surface area (Å²) in [4.78, 5) is 14.0. The van der Waals surface area contributed by atoms with Crippen LogP contribution in [0.25, 0.3) is 0 Å². The molecule has 4 rings (SSSR count). The van der Waals surface area contributed by atoms with E-state index in [9.17, 15) is 9.90 Å². The van der Waals surface area contributed by atoms with Crippen LogP contribution in [-0.2, 0) is 14.3 Å². The number of ether oxygens (including phenoxy) is 2. The zero-order chi connectivity index (χ0) is 19.9. The van der Waals surface area contributed by atoms with Crippen LogP contribution in [0.2, 0.25) is 0 Å². The molecule has 4 aliphatic rings. The van der Waals surface area contributed by atoms with E-state index in [0.29, 0.717) is 12.5 Å². The number of hydrogen-bond donors (Lipinski definition) is 2. The van der Waals surface area contributed by atoms with Crippen molar-refractivity contribution in [3.05, 3.63) is 23.3 Å². The smallest absolute Gasteiger partial charge is 0.164 e. The Kier molecular flexibility index (Phi) is 4.12. The summed E-state index contributed by atoms with van der Waals surface area (Å²) in [5.41, 5.74) is 5.78. The topological polar surface area (TPSA) is 81.8 Å². The molecule has 27 heavy (non-hydrogen) atoms. The van der Waals surface area contributed by atoms with E-state index in [1.807, 2.05) is 32.9 Å². The van der Waals surface area contributed by atoms with Crippen molar-refractivity contribution >= 4 is 5.78 Å². The largest absolute Gasteiger partial charge is 0.383 e. The highest BCUT2D eigenvalue weighted by Crippen LogP contribution is 2.60. The maximum atomic E-state index is 14.0. The molecule has 3 N–H and O–H groups in total. The lowest BCUT2D eigenvalue weighted by Crippen LogP contribution is -2.69. The van der Waals surface area contributed by atoms with Crippen LogP contribution in [-0.4, -0.2) is 41.0 Å². The van der Waals surface area contributed by atoms with Gasteiger partial charge in [0, 0.05) is 5.92 Å². The molecule has 3 aliphatic carbocycles. The van der Waals surface area contributed by atoms with Crippen molar-refractivity contribution in [2.45, 2.75) is 71.5 Å². The Morgan fingerprint density at radius 2 is 1.93 bits per heavy atom. The second kappa shape index (κ2) is 5.76. The van der Waals surface area contributed by atoms with Crippen molar-refractivity contribution in [2.75, 3.05) is 6.61 Å². The minimum atomic E-state index is -1.50. The predicted octanol–water partition coefficient (Wildman–Crippen LogP) is 2.58. The summed E-state index contributed by atoms with van der Waals surface area (Å²) >= 11 is 0. The van der Waals surface area contributed by atoms with Gasteiger partial charge >= 0.3 is 0 Å². The van der Waals surface area contributed by atoms with E-state index in [2.05, 4.69) is 20.8 Å². The number of rotatable bonds is 0. The molecule has 8 atom stereocenters. The number of allylic oxidation sites excluding steroid dienone is 1. The van der Waals surface area contributed by atoms with Crippen molar-refractivity contribution in [1.82, 2.24) is 0 Å². The maximum absolute atomic E-state index is 14.0. The molecule has 1 saturated carbocycles. The summed E-state index contributed by atoms with van der Waals surface area (Å²) < 4.78 is 12.2. The van der Waals surface area contributed by atoms with Crippen molar-refractivity contribution in [3.8, 4) is 0 Å². The van der Waals surface area contributed by atoms with Crippen LogP contribution in [0.1, 0.15) is 48.0 Å². The van der Waals surface area contributed by atoms with E-state index in [1.165, 1.54) is 0 Å². The Hall–Kier alpha value is -1.01. The highest BCUT2D eigenvalue weighted by molar-refractivity contribution is 5.94. The first-order valence-corrected chi connectivity index (χ1v) is 10.2. The third kappa shape index (κ3) is 2.29. The van der Waals surface area contributed by atoms with Gasteiger partial charge in [-0.3, -0.25) is 4.79 Å². The van der Waals surface area contributed by atoms with Gasteiger partial charge in [-0.1, -0.05) is 38.5 Å². The first-order valence-electron chi connectivity index (χ1n) is 10.2. The van der Waals surface area contributed by atoms with Crippen LogP contribution in [0, 0.1) is 29.1 Å². The van der Waals surface area contributed by atoms with Gasteiger partial charge < -0.3 is 20.3 Å². The molecule has 0 radical (unpaired) electrons. The lowest BCUT2D eigenvalue weighted by molar-refractivity contribution is -0.294. The Morgan fingerprint density at radius 3 is 2.59 bits per heavy atom. The minimum absolute atomic E-state index is 0.0248. The van der Waals surface area contributed by atoms with Crippen LogP contribution < -0.4 is 5.73 Å². The second-order valence-electron chi connectivity index (χ2n) is 9.85. The van der Waals surface area contributed by atoms with Crippen molar-refractivity contribution in [2.24, 2.45) is 34.8 Å². The van der Waals surface area contributed by atoms with Gasteiger partial charge in [-0.15, -0.1) is 0 Å². The minimum Gasteiger partial charge on any atom is -0.383 e. The third-order valence-corrected chi connectivity index (χ3v) is 7.88. The normalized spacial score (nSPS) is 51.5. The fourth-order valence-corrected chi connectivity index (χ4v) is 6.12. The number of carbonyl (C=O) groups is 1. The van der Waals surface area contributed by atoms with Gasteiger partial charge in [-0.25, -0.2) is 0 Å². The predicted molar refractivity (Wildman–Crippen MR) is 103 cm³/mol. The summed E-state index contributed by atoms with van der Waals surface area (Å²) in [6.45, 7) is 12.4. The van der Waals surface area contributed by atoms with E-state index >= 15 is 0 Å². The van der Waals surface area contributed by atoms with Crippen LogP contribution in [0.4, 0.5) is 0 Å². The molecule has 2 bridgehead atoms. The van der Waals surface area contributed by atoms with E-state index < -0.39 is 28.9 Å². The lowest BCUT2D eigenvalue weighted by Gasteiger charge is -2.52. The molecule has 1 saturated heterocycles. The van der Waals surface area contributed by atoms with Crippen LogP contribution in [0.3, 0.4) is 0 Å². The number of aliphatic hydroxyl groups is 1. The lowest BCUT2D eigenvalue weighted by atomic mass is 9.59. The standard InChI is InChI=1S/C22H33NO4/c1-11-7-13(3)21-9-12(2)17(23)22(21,25)19-15(10-26-20(5,6)27-19)8-16(14(11)4)18(21)24/h8-9,11,13-14,16-17,19,25H,7,10,23H2,1-6H3/t11-,13-,14-,16+,17+,19?,21+,22-/m1/s1. The average Bonchev–Trinajstić information content (AvgIpc) is 2.72. The van der Waals surface area contributed by atoms with E-state index in [0.717, 1.165) is 17.6 Å². The number of carbonyl (C=O) groups excluding carboxylic acids is 1. The highest BCUT2D eigenvalue weighted by atomic mass is 16.7. The van der Waals surface area contributed by atoms with Crippen molar-refractivity contribution in [3.63, 3.8) is 0 Å². The van der Waals surface area contributed by atoms with Crippen molar-refractivity contribution < 1.29 is 19.4 Å². The SMILES string of the molecule is CC1=C[C@]23C(=O)[C@@H](C=C4COC(C)(C)OC4[C@]2(O)[C@H]1N)[C@H](C)[C@H](C)C[C@H]3C. The van der Waals surface area contributed by atoms with E-state index in [-0.39, 0.29) is 23.5 Å². The molecule has 1 heterocycles. The van der Waals surface area contributed by atoms with Crippen LogP contribution in [0.5, 0.6) is 0 Å². The maximum Gasteiger partial charge on any atom is 0.164 e. The fraction of sp³-hybridized carbons (Fsp3) is 0.773. The Balaban J connectivity index is 2.01. The molecule has 1 aliphatic heterocycles. The Bertz CT molecular complexity index is 741. The average molecular weight is 376 g/mol. The van der Waals surface area contributed by atoms with Gasteiger partial charge in [0.2, 0.25) is 0 Å². The molecule has 5 heteroatoms. The molecular formula is C22H33NO4. The first kappa shape index (κ1) is 19.3. The summed E-state index contributed by atoms with van der Waals surface area (Å²) in [6.07, 6.45) is 4.22. The number of ketones is 1.